The van der Waals surface area contributed by atoms with Crippen molar-refractivity contribution in [2.45, 2.75) is 0 Å². The van der Waals surface area contributed by atoms with Crippen molar-refractivity contribution < 1.29 is 19.8 Å². The van der Waals surface area contributed by atoms with Gasteiger partial charge < -0.3 is 10.2 Å². The number of carbonyl (C=O) groups is 2. The maximum absolute atomic E-state index is 10.5. The van der Waals surface area contributed by atoms with E-state index in [4.69, 9.17) is 10.2 Å². The first-order chi connectivity index (χ1) is 5.54. The first-order valence-electron chi connectivity index (χ1n) is 2.85. The van der Waals surface area contributed by atoms with Crippen LogP contribution in [0.5, 0.6) is 0 Å². The zero-order valence-corrected chi connectivity index (χ0v) is 9.05. The molecule has 0 fully saturated rings. The molecule has 2 N–H and O–H groups in total. The van der Waals surface area contributed by atoms with Gasteiger partial charge in [-0.1, -0.05) is 31.9 Å². The monoisotopic (exact) mass is 300 g/mol. The molecule has 12 heavy (non-hydrogen) atoms. The van der Waals surface area contributed by atoms with Crippen molar-refractivity contribution in [2.75, 3.05) is 10.7 Å². The predicted molar refractivity (Wildman–Crippen MR) is 49.9 cm³/mol. The smallest absolute Gasteiger partial charge is 0.333 e. The third-order valence-electron chi connectivity index (χ3n) is 1.15. The van der Waals surface area contributed by atoms with Gasteiger partial charge in [0.1, 0.15) is 0 Å². The summed E-state index contributed by atoms with van der Waals surface area (Å²) < 4.78 is 0. The van der Waals surface area contributed by atoms with Gasteiger partial charge in [-0.2, -0.15) is 0 Å². The molecule has 0 unspecified atom stereocenters. The Kier molecular flexibility index (Phi) is 5.16. The first-order valence-corrected chi connectivity index (χ1v) is 5.09. The summed E-state index contributed by atoms with van der Waals surface area (Å²) >= 11 is 5.81. The molecule has 0 aromatic rings. The Balaban J connectivity index is 5.01. The molecular formula is C6H6Br2O4. The molecule has 0 atom stereocenters. The van der Waals surface area contributed by atoms with Crippen molar-refractivity contribution >= 4 is 43.8 Å². The van der Waals surface area contributed by atoms with Crippen LogP contribution in [0.3, 0.4) is 0 Å². The number of aliphatic carboxylic acids is 2. The van der Waals surface area contributed by atoms with E-state index in [-0.39, 0.29) is 21.8 Å². The number of rotatable bonds is 4. The fraction of sp³-hybridized carbons (Fsp3) is 0.333. The average Bonchev–Trinajstić information content (AvgIpc) is 1.98. The topological polar surface area (TPSA) is 74.6 Å². The van der Waals surface area contributed by atoms with E-state index in [1.807, 2.05) is 0 Å². The second kappa shape index (κ2) is 5.31. The van der Waals surface area contributed by atoms with Gasteiger partial charge in [0.25, 0.3) is 0 Å². The van der Waals surface area contributed by atoms with Crippen LogP contribution in [-0.4, -0.2) is 32.8 Å². The fourth-order valence-electron chi connectivity index (χ4n) is 0.534. The molecule has 0 saturated carbocycles. The van der Waals surface area contributed by atoms with E-state index in [9.17, 15) is 9.59 Å². The quantitative estimate of drug-likeness (QED) is 0.605. The molecule has 0 amide bonds. The van der Waals surface area contributed by atoms with E-state index in [2.05, 4.69) is 31.9 Å². The second-order valence-electron chi connectivity index (χ2n) is 1.83. The Bertz CT molecular complexity index is 210. The van der Waals surface area contributed by atoms with Gasteiger partial charge in [0.15, 0.2) is 0 Å². The molecule has 0 aliphatic heterocycles. The van der Waals surface area contributed by atoms with E-state index < -0.39 is 11.9 Å². The number of hydrogen-bond donors (Lipinski definition) is 2. The van der Waals surface area contributed by atoms with Gasteiger partial charge in [-0.15, -0.1) is 0 Å². The Morgan fingerprint density at radius 3 is 1.25 bits per heavy atom. The number of carboxylic acid groups (broad SMARTS) is 2. The minimum atomic E-state index is -1.22. The van der Waals surface area contributed by atoms with Gasteiger partial charge in [-0.05, 0) is 0 Å². The molecule has 4 nitrogen and oxygen atoms in total. The van der Waals surface area contributed by atoms with Gasteiger partial charge in [-0.3, -0.25) is 0 Å². The minimum Gasteiger partial charge on any atom is -0.478 e. The summed E-state index contributed by atoms with van der Waals surface area (Å²) in [7, 11) is 0. The summed E-state index contributed by atoms with van der Waals surface area (Å²) in [6, 6.07) is 0. The summed E-state index contributed by atoms with van der Waals surface area (Å²) in [5.41, 5.74) is -0.279. The van der Waals surface area contributed by atoms with Crippen LogP contribution in [0.25, 0.3) is 0 Å². The number of halogens is 2. The third-order valence-corrected chi connectivity index (χ3v) is 2.27. The number of carboxylic acids is 2. The maximum Gasteiger partial charge on any atom is 0.333 e. The summed E-state index contributed by atoms with van der Waals surface area (Å²) in [4.78, 5) is 20.9. The zero-order chi connectivity index (χ0) is 9.72. The molecular weight excluding hydrogens is 296 g/mol. The largest absolute Gasteiger partial charge is 0.478 e. The highest BCUT2D eigenvalue weighted by Crippen LogP contribution is 2.11. The molecule has 0 aromatic carbocycles. The van der Waals surface area contributed by atoms with Crippen molar-refractivity contribution in [2.24, 2.45) is 0 Å². The van der Waals surface area contributed by atoms with Gasteiger partial charge in [-0.25, -0.2) is 9.59 Å². The first kappa shape index (κ1) is 11.6. The summed E-state index contributed by atoms with van der Waals surface area (Å²) in [6.45, 7) is 0. The van der Waals surface area contributed by atoms with Crippen molar-refractivity contribution in [3.05, 3.63) is 11.1 Å². The lowest BCUT2D eigenvalue weighted by molar-refractivity contribution is -0.135. The van der Waals surface area contributed by atoms with E-state index in [1.54, 1.807) is 0 Å². The second-order valence-corrected chi connectivity index (χ2v) is 2.96. The number of alkyl halides is 2. The van der Waals surface area contributed by atoms with Gasteiger partial charge in [0.2, 0.25) is 0 Å². The highest BCUT2D eigenvalue weighted by Gasteiger charge is 2.17. The Morgan fingerprint density at radius 2 is 1.17 bits per heavy atom. The zero-order valence-electron chi connectivity index (χ0n) is 5.88. The molecule has 0 heterocycles. The average molecular weight is 302 g/mol. The number of hydrogen-bond acceptors (Lipinski definition) is 2. The van der Waals surface area contributed by atoms with Crippen LogP contribution in [0, 0.1) is 0 Å². The van der Waals surface area contributed by atoms with Crippen LogP contribution in [0.2, 0.25) is 0 Å². The molecule has 0 aliphatic carbocycles. The van der Waals surface area contributed by atoms with Crippen LogP contribution >= 0.6 is 31.9 Å². The fourth-order valence-corrected chi connectivity index (χ4v) is 1.69. The van der Waals surface area contributed by atoms with Gasteiger partial charge >= 0.3 is 11.9 Å². The lowest BCUT2D eigenvalue weighted by atomic mass is 10.1. The maximum atomic E-state index is 10.5. The highest BCUT2D eigenvalue weighted by atomic mass is 79.9. The Morgan fingerprint density at radius 1 is 0.917 bits per heavy atom. The molecule has 0 saturated heterocycles. The lowest BCUT2D eigenvalue weighted by Crippen LogP contribution is -2.13. The van der Waals surface area contributed by atoms with Crippen molar-refractivity contribution in [1.82, 2.24) is 0 Å². The molecule has 68 valence electrons. The Labute approximate surface area is 85.5 Å². The molecule has 0 bridgehead atoms. The Hall–Kier alpha value is -0.360. The summed E-state index contributed by atoms with van der Waals surface area (Å²) in [6.07, 6.45) is 0. The normalized spacial score (nSPS) is 12.2. The minimum absolute atomic E-state index is 0.0234. The van der Waals surface area contributed by atoms with Crippen LogP contribution in [0.1, 0.15) is 0 Å². The molecule has 0 radical (unpaired) electrons. The molecule has 0 aliphatic rings. The molecule has 0 rings (SSSR count). The van der Waals surface area contributed by atoms with Crippen molar-refractivity contribution in [1.29, 1.82) is 0 Å². The summed E-state index contributed by atoms with van der Waals surface area (Å²) in [5, 5.41) is 17.2. The van der Waals surface area contributed by atoms with Crippen molar-refractivity contribution in [3.8, 4) is 0 Å². The van der Waals surface area contributed by atoms with E-state index in [0.29, 0.717) is 0 Å². The van der Waals surface area contributed by atoms with Crippen LogP contribution in [-0.2, 0) is 9.59 Å². The van der Waals surface area contributed by atoms with E-state index >= 15 is 0 Å². The van der Waals surface area contributed by atoms with E-state index in [0.717, 1.165) is 0 Å². The van der Waals surface area contributed by atoms with Gasteiger partial charge in [0.05, 0.1) is 11.1 Å². The van der Waals surface area contributed by atoms with Crippen LogP contribution in [0.15, 0.2) is 11.1 Å². The highest BCUT2D eigenvalue weighted by molar-refractivity contribution is 9.09. The van der Waals surface area contributed by atoms with Crippen LogP contribution in [0.4, 0.5) is 0 Å². The predicted octanol–water partition coefficient (Wildman–Crippen LogP) is 1.24. The SMILES string of the molecule is O=C(O)C(CBr)=C(CBr)C(=O)O. The standard InChI is InChI=1S/C6H6Br2O4/c7-1-3(5(9)10)4(2-8)6(11)12/h1-2H2,(H,9,10)(H,11,12). The molecule has 6 heteroatoms. The van der Waals surface area contributed by atoms with Crippen LogP contribution < -0.4 is 0 Å². The molecule has 0 spiro atoms. The van der Waals surface area contributed by atoms with E-state index in [1.165, 1.54) is 0 Å². The summed E-state index contributed by atoms with van der Waals surface area (Å²) in [5.74, 6) is -2.44. The van der Waals surface area contributed by atoms with Gasteiger partial charge in [0, 0.05) is 10.7 Å². The molecule has 0 aromatic heterocycles. The third kappa shape index (κ3) is 2.94. The van der Waals surface area contributed by atoms with Crippen molar-refractivity contribution in [3.63, 3.8) is 0 Å². The lowest BCUT2D eigenvalue weighted by Gasteiger charge is -2.01.